The Kier molecular flexibility index (Phi) is 9.06. The van der Waals surface area contributed by atoms with Gasteiger partial charge in [0.1, 0.15) is 0 Å². The van der Waals surface area contributed by atoms with Gasteiger partial charge in [-0.2, -0.15) is 0 Å². The summed E-state index contributed by atoms with van der Waals surface area (Å²) in [6.45, 7) is 4.53. The Labute approximate surface area is 84.5 Å². The van der Waals surface area contributed by atoms with Gasteiger partial charge in [-0.3, -0.25) is 0 Å². The summed E-state index contributed by atoms with van der Waals surface area (Å²) in [6.07, 6.45) is 8.12. The van der Waals surface area contributed by atoms with Crippen molar-refractivity contribution >= 4 is 22.5 Å². The summed E-state index contributed by atoms with van der Waals surface area (Å²) < 4.78 is 2.39. The molecular formula is C10H19Sn. The topological polar surface area (TPSA) is 0 Å². The quantitative estimate of drug-likeness (QED) is 0.640. The Morgan fingerprint density at radius 2 is 1.55 bits per heavy atom. The van der Waals surface area contributed by atoms with E-state index in [0.29, 0.717) is 0 Å². The van der Waals surface area contributed by atoms with E-state index < -0.39 is 0 Å². The average Bonchev–Trinajstić information content (AvgIpc) is 2.05. The first kappa shape index (κ1) is 11.5. The predicted molar refractivity (Wildman–Crippen MR) is 52.9 cm³/mol. The molecule has 0 aromatic rings. The Morgan fingerprint density at radius 1 is 1.09 bits per heavy atom. The summed E-state index contributed by atoms with van der Waals surface area (Å²) >= 11 is 1.57. The fourth-order valence-corrected chi connectivity index (χ4v) is 1.90. The van der Waals surface area contributed by atoms with E-state index >= 15 is 0 Å². The monoisotopic (exact) mass is 259 g/mol. The molecule has 0 aliphatic carbocycles. The summed E-state index contributed by atoms with van der Waals surface area (Å²) in [5.41, 5.74) is 1.70. The van der Waals surface area contributed by atoms with Gasteiger partial charge in [-0.05, 0) is 0 Å². The van der Waals surface area contributed by atoms with Gasteiger partial charge in [-0.15, -0.1) is 0 Å². The molecule has 0 spiro atoms. The summed E-state index contributed by atoms with van der Waals surface area (Å²) in [5, 5.41) is 0. The molecular weight excluding hydrogens is 239 g/mol. The molecule has 0 unspecified atom stereocenters. The van der Waals surface area contributed by atoms with E-state index in [1.165, 1.54) is 38.5 Å². The number of unbranched alkanes of at least 4 members (excludes halogenated alkanes) is 2. The molecule has 0 bridgehead atoms. The van der Waals surface area contributed by atoms with E-state index in [9.17, 15) is 0 Å². The molecule has 0 aromatic carbocycles. The molecule has 0 saturated carbocycles. The van der Waals surface area contributed by atoms with E-state index in [-0.39, 0.29) is 0 Å². The maximum absolute atomic E-state index is 2.39. The van der Waals surface area contributed by atoms with Crippen LogP contribution in [-0.4, -0.2) is 22.5 Å². The fraction of sp³-hybridized carbons (Fsp3) is 0.800. The van der Waals surface area contributed by atoms with Gasteiger partial charge < -0.3 is 0 Å². The molecule has 0 N–H and O–H groups in total. The second kappa shape index (κ2) is 8.63. The molecule has 11 heavy (non-hydrogen) atoms. The Balaban J connectivity index is 3.43. The molecule has 63 valence electrons. The SMILES string of the molecule is CCCCC(=[CH][Sn])CCCC. The van der Waals surface area contributed by atoms with Crippen LogP contribution in [0, 0.1) is 0 Å². The van der Waals surface area contributed by atoms with Crippen LogP contribution in [0.2, 0.25) is 0 Å². The molecule has 0 nitrogen and oxygen atoms in total. The van der Waals surface area contributed by atoms with Crippen molar-refractivity contribution in [1.29, 1.82) is 0 Å². The Bertz CT molecular complexity index is 95.4. The molecule has 0 heterocycles. The fourth-order valence-electron chi connectivity index (χ4n) is 1.08. The molecule has 0 aromatic heterocycles. The molecule has 0 rings (SSSR count). The zero-order valence-electron chi connectivity index (χ0n) is 7.82. The third kappa shape index (κ3) is 6.92. The first-order valence-corrected chi connectivity index (χ1v) is 6.35. The molecule has 0 aliphatic rings. The number of hydrogen-bond acceptors (Lipinski definition) is 0. The third-order valence-corrected chi connectivity index (χ3v) is 3.07. The standard InChI is InChI=1S/C10H19.Sn/c1-4-6-8-10(3)9-7-5-2;/h3H,4-9H2,1-2H3;. The van der Waals surface area contributed by atoms with E-state index in [2.05, 4.69) is 17.9 Å². The maximum atomic E-state index is 2.39. The van der Waals surface area contributed by atoms with Crippen LogP contribution in [0.15, 0.2) is 9.67 Å². The van der Waals surface area contributed by atoms with Crippen LogP contribution in [0.1, 0.15) is 52.4 Å². The molecule has 0 saturated heterocycles. The normalized spacial score (nSPS) is 9.73. The predicted octanol–water partition coefficient (Wildman–Crippen LogP) is 3.42. The molecule has 0 fully saturated rings. The third-order valence-electron chi connectivity index (χ3n) is 1.91. The van der Waals surface area contributed by atoms with Gasteiger partial charge in [0.15, 0.2) is 0 Å². The van der Waals surface area contributed by atoms with Gasteiger partial charge in [0.05, 0.1) is 0 Å². The van der Waals surface area contributed by atoms with Gasteiger partial charge in [0, 0.05) is 0 Å². The van der Waals surface area contributed by atoms with Crippen molar-refractivity contribution in [3.63, 3.8) is 0 Å². The molecule has 1 heteroatoms. The first-order valence-electron chi connectivity index (χ1n) is 4.70. The van der Waals surface area contributed by atoms with Crippen LogP contribution < -0.4 is 0 Å². The van der Waals surface area contributed by atoms with Gasteiger partial charge in [-0.25, -0.2) is 0 Å². The second-order valence-corrected chi connectivity index (χ2v) is 3.83. The van der Waals surface area contributed by atoms with Gasteiger partial charge in [0.25, 0.3) is 0 Å². The van der Waals surface area contributed by atoms with Crippen molar-refractivity contribution in [1.82, 2.24) is 0 Å². The molecule has 0 amide bonds. The molecule has 0 atom stereocenters. The van der Waals surface area contributed by atoms with E-state index in [4.69, 9.17) is 0 Å². The zero-order valence-corrected chi connectivity index (χ0v) is 10.7. The van der Waals surface area contributed by atoms with E-state index in [1.807, 2.05) is 0 Å². The van der Waals surface area contributed by atoms with Gasteiger partial charge >= 0.3 is 84.6 Å². The van der Waals surface area contributed by atoms with Crippen molar-refractivity contribution < 1.29 is 0 Å². The average molecular weight is 258 g/mol. The second-order valence-electron chi connectivity index (χ2n) is 3.01. The number of allylic oxidation sites excluding steroid dienone is 1. The summed E-state index contributed by atoms with van der Waals surface area (Å²) in [4.78, 5) is 0. The van der Waals surface area contributed by atoms with Crippen LogP contribution in [0.5, 0.6) is 0 Å². The zero-order chi connectivity index (χ0) is 8.53. The van der Waals surface area contributed by atoms with Crippen LogP contribution >= 0.6 is 0 Å². The first-order chi connectivity index (χ1) is 5.35. The Hall–Kier alpha value is 0.539. The van der Waals surface area contributed by atoms with Crippen LogP contribution in [0.4, 0.5) is 0 Å². The van der Waals surface area contributed by atoms with Crippen LogP contribution in [-0.2, 0) is 0 Å². The number of rotatable bonds is 6. The summed E-state index contributed by atoms with van der Waals surface area (Å²) in [6, 6.07) is 0. The van der Waals surface area contributed by atoms with Crippen LogP contribution in [0.25, 0.3) is 0 Å². The summed E-state index contributed by atoms with van der Waals surface area (Å²) in [5.74, 6) is 0. The molecule has 3 radical (unpaired) electrons. The minimum atomic E-state index is 1.33. The van der Waals surface area contributed by atoms with Gasteiger partial charge in [0.2, 0.25) is 0 Å². The summed E-state index contributed by atoms with van der Waals surface area (Å²) in [7, 11) is 0. The van der Waals surface area contributed by atoms with Crippen LogP contribution in [0.3, 0.4) is 0 Å². The van der Waals surface area contributed by atoms with E-state index in [0.717, 1.165) is 0 Å². The van der Waals surface area contributed by atoms with Gasteiger partial charge in [-0.1, -0.05) is 0 Å². The van der Waals surface area contributed by atoms with Crippen molar-refractivity contribution in [2.75, 3.05) is 0 Å². The minimum absolute atomic E-state index is 1.33. The van der Waals surface area contributed by atoms with E-state index in [1.54, 1.807) is 28.1 Å². The van der Waals surface area contributed by atoms with Crippen molar-refractivity contribution in [3.05, 3.63) is 9.67 Å². The number of hydrogen-bond donors (Lipinski definition) is 0. The van der Waals surface area contributed by atoms with Crippen molar-refractivity contribution in [3.8, 4) is 0 Å². The molecule has 0 aliphatic heterocycles. The van der Waals surface area contributed by atoms with Crippen molar-refractivity contribution in [2.45, 2.75) is 52.4 Å². The van der Waals surface area contributed by atoms with Crippen molar-refractivity contribution in [2.24, 2.45) is 0 Å². The Morgan fingerprint density at radius 3 is 1.82 bits per heavy atom.